The lowest BCUT2D eigenvalue weighted by Gasteiger charge is -2.16. The second-order valence-electron chi connectivity index (χ2n) is 6.52. The van der Waals surface area contributed by atoms with Crippen LogP contribution in [0.3, 0.4) is 0 Å². The molecule has 1 aromatic rings. The standard InChI is InChI=1S/C18H21F3N4O6S/c1-10(27)23-15-11(4-3-5-22-16(28)18(19,20)21)7-25(17(29)24-15)14-6-12(30-9-32-2)13(8-26)31-14/h7,12-14,26H,5-6,8-9H2,1-2H3,(H,22,28)(H,23,24,27,29). The summed E-state index contributed by atoms with van der Waals surface area (Å²) in [6, 6.07) is 0. The zero-order chi connectivity index (χ0) is 23.9. The summed E-state index contributed by atoms with van der Waals surface area (Å²) in [6.45, 7) is 0.203. The van der Waals surface area contributed by atoms with Gasteiger partial charge in [-0.05, 0) is 6.26 Å². The van der Waals surface area contributed by atoms with Gasteiger partial charge < -0.3 is 25.2 Å². The molecule has 0 aromatic carbocycles. The van der Waals surface area contributed by atoms with Gasteiger partial charge in [-0.3, -0.25) is 14.2 Å². The number of aliphatic hydroxyl groups excluding tert-OH is 1. The Kier molecular flexibility index (Phi) is 9.08. The van der Waals surface area contributed by atoms with E-state index in [1.165, 1.54) is 24.9 Å². The van der Waals surface area contributed by atoms with Crippen LogP contribution < -0.4 is 16.3 Å². The van der Waals surface area contributed by atoms with Gasteiger partial charge in [0.25, 0.3) is 0 Å². The molecule has 3 N–H and O–H groups in total. The molecule has 0 saturated carbocycles. The van der Waals surface area contributed by atoms with Crippen molar-refractivity contribution in [1.82, 2.24) is 14.9 Å². The molecule has 176 valence electrons. The maximum absolute atomic E-state index is 12.5. The van der Waals surface area contributed by atoms with E-state index in [1.54, 1.807) is 5.32 Å². The van der Waals surface area contributed by atoms with Crippen molar-refractivity contribution in [2.75, 3.05) is 30.7 Å². The highest BCUT2D eigenvalue weighted by atomic mass is 32.2. The first kappa shape index (κ1) is 25.7. The van der Waals surface area contributed by atoms with E-state index in [2.05, 4.69) is 22.1 Å². The van der Waals surface area contributed by atoms with Crippen LogP contribution in [0.1, 0.15) is 25.1 Å². The number of carbonyl (C=O) groups is 2. The lowest BCUT2D eigenvalue weighted by molar-refractivity contribution is -0.173. The fraction of sp³-hybridized carbons (Fsp3) is 0.556. The van der Waals surface area contributed by atoms with Gasteiger partial charge in [-0.1, -0.05) is 11.8 Å². The molecule has 0 bridgehead atoms. The van der Waals surface area contributed by atoms with E-state index in [9.17, 15) is 32.7 Å². The van der Waals surface area contributed by atoms with Crippen molar-refractivity contribution in [3.05, 3.63) is 22.2 Å². The quantitative estimate of drug-likeness (QED) is 0.375. The van der Waals surface area contributed by atoms with Crippen molar-refractivity contribution in [3.8, 4) is 11.8 Å². The predicted octanol–water partition coefficient (Wildman–Crippen LogP) is 0.217. The molecule has 1 aliphatic heterocycles. The summed E-state index contributed by atoms with van der Waals surface area (Å²) < 4.78 is 49.1. The lowest BCUT2D eigenvalue weighted by atomic mass is 10.2. The Balaban J connectivity index is 2.29. The summed E-state index contributed by atoms with van der Waals surface area (Å²) in [5.41, 5.74) is -0.768. The first-order valence-electron chi connectivity index (χ1n) is 9.18. The molecule has 0 aliphatic carbocycles. The minimum atomic E-state index is -5.05. The molecule has 10 nitrogen and oxygen atoms in total. The second-order valence-corrected chi connectivity index (χ2v) is 7.33. The van der Waals surface area contributed by atoms with Gasteiger partial charge in [0.05, 0.1) is 30.8 Å². The average molecular weight is 478 g/mol. The molecular formula is C18H21F3N4O6S. The van der Waals surface area contributed by atoms with Crippen LogP contribution in [0.4, 0.5) is 19.0 Å². The Hall–Kier alpha value is -2.60. The molecule has 0 spiro atoms. The Bertz CT molecular complexity index is 959. The smallest absolute Gasteiger partial charge is 0.394 e. The van der Waals surface area contributed by atoms with Gasteiger partial charge in [-0.15, -0.1) is 11.8 Å². The summed E-state index contributed by atoms with van der Waals surface area (Å²) in [4.78, 5) is 38.5. The van der Waals surface area contributed by atoms with Gasteiger partial charge in [-0.25, -0.2) is 4.79 Å². The van der Waals surface area contributed by atoms with Crippen LogP contribution in [0.25, 0.3) is 0 Å². The Morgan fingerprint density at radius 1 is 1.47 bits per heavy atom. The van der Waals surface area contributed by atoms with E-state index in [1.807, 2.05) is 6.26 Å². The molecule has 0 radical (unpaired) electrons. The van der Waals surface area contributed by atoms with Crippen molar-refractivity contribution < 1.29 is 37.3 Å². The van der Waals surface area contributed by atoms with E-state index < -0.39 is 48.7 Å². The first-order valence-corrected chi connectivity index (χ1v) is 10.6. The predicted molar refractivity (Wildman–Crippen MR) is 108 cm³/mol. The number of aromatic nitrogens is 2. The minimum absolute atomic E-state index is 0.0127. The first-order chi connectivity index (χ1) is 15.1. The van der Waals surface area contributed by atoms with Crippen molar-refractivity contribution in [2.24, 2.45) is 0 Å². The maximum atomic E-state index is 12.5. The maximum Gasteiger partial charge on any atom is 0.471 e. The normalized spacial score (nSPS) is 20.4. The van der Waals surface area contributed by atoms with Crippen LogP contribution in [-0.4, -0.2) is 70.2 Å². The van der Waals surface area contributed by atoms with Gasteiger partial charge >= 0.3 is 17.8 Å². The van der Waals surface area contributed by atoms with E-state index >= 15 is 0 Å². The van der Waals surface area contributed by atoms with E-state index in [0.29, 0.717) is 5.94 Å². The molecule has 14 heteroatoms. The molecule has 3 atom stereocenters. The number of nitrogens with one attached hydrogen (secondary N) is 2. The molecule has 2 amide bonds. The molecular weight excluding hydrogens is 457 g/mol. The molecule has 2 heterocycles. The summed E-state index contributed by atoms with van der Waals surface area (Å²) in [5.74, 6) is 2.25. The summed E-state index contributed by atoms with van der Waals surface area (Å²) >= 11 is 1.43. The number of amides is 2. The zero-order valence-corrected chi connectivity index (χ0v) is 17.9. The number of ether oxygens (including phenoxy) is 2. The van der Waals surface area contributed by atoms with Crippen LogP contribution in [-0.2, 0) is 19.1 Å². The molecule has 3 unspecified atom stereocenters. The largest absolute Gasteiger partial charge is 0.471 e. The number of hydrogen-bond donors (Lipinski definition) is 3. The average Bonchev–Trinajstić information content (AvgIpc) is 3.12. The van der Waals surface area contributed by atoms with Gasteiger partial charge in [0, 0.05) is 19.5 Å². The van der Waals surface area contributed by atoms with Crippen LogP contribution in [0, 0.1) is 11.8 Å². The van der Waals surface area contributed by atoms with E-state index in [-0.39, 0.29) is 24.4 Å². The molecule has 1 aromatic heterocycles. The zero-order valence-electron chi connectivity index (χ0n) is 17.1. The molecule has 2 rings (SSSR count). The third-order valence-corrected chi connectivity index (χ3v) is 4.51. The van der Waals surface area contributed by atoms with Gasteiger partial charge in [0.15, 0.2) is 5.82 Å². The Morgan fingerprint density at radius 3 is 2.78 bits per heavy atom. The Labute approximate surface area is 184 Å². The number of nitrogens with zero attached hydrogens (tertiary/aromatic N) is 2. The number of rotatable bonds is 7. The number of halogens is 3. The molecule has 1 saturated heterocycles. The van der Waals surface area contributed by atoms with Crippen LogP contribution in [0.5, 0.6) is 0 Å². The summed E-state index contributed by atoms with van der Waals surface area (Å²) in [7, 11) is 0. The molecule has 1 aliphatic rings. The number of anilines is 1. The lowest BCUT2D eigenvalue weighted by Crippen LogP contribution is -2.36. The molecule has 32 heavy (non-hydrogen) atoms. The Morgan fingerprint density at radius 2 is 2.19 bits per heavy atom. The van der Waals surface area contributed by atoms with E-state index in [0.717, 1.165) is 4.57 Å². The van der Waals surface area contributed by atoms with E-state index in [4.69, 9.17) is 9.47 Å². The number of aliphatic hydroxyl groups is 1. The number of hydrogen-bond acceptors (Lipinski definition) is 8. The van der Waals surface area contributed by atoms with Gasteiger partial charge in [0.2, 0.25) is 5.91 Å². The number of carbonyl (C=O) groups excluding carboxylic acids is 2. The highest BCUT2D eigenvalue weighted by Gasteiger charge is 2.38. The van der Waals surface area contributed by atoms with Crippen molar-refractivity contribution >= 4 is 29.4 Å². The van der Waals surface area contributed by atoms with Crippen molar-refractivity contribution in [2.45, 2.75) is 38.0 Å². The monoisotopic (exact) mass is 478 g/mol. The summed E-state index contributed by atoms with van der Waals surface area (Å²) in [6.07, 6.45) is -3.77. The third-order valence-electron chi connectivity index (χ3n) is 4.13. The SMILES string of the molecule is CSCOC1CC(n2cc(C#CCNC(=O)C(F)(F)F)c(NC(C)=O)nc2=O)OC1CO. The van der Waals surface area contributed by atoms with Crippen molar-refractivity contribution in [3.63, 3.8) is 0 Å². The topological polar surface area (TPSA) is 132 Å². The third kappa shape index (κ3) is 6.95. The van der Waals surface area contributed by atoms with Crippen molar-refractivity contribution in [1.29, 1.82) is 0 Å². The molecule has 1 fully saturated rings. The van der Waals surface area contributed by atoms with Crippen LogP contribution >= 0.6 is 11.8 Å². The minimum Gasteiger partial charge on any atom is -0.394 e. The number of alkyl halides is 3. The van der Waals surface area contributed by atoms with Gasteiger partial charge in [0.1, 0.15) is 12.3 Å². The number of thioether (sulfide) groups is 1. The second kappa shape index (κ2) is 11.3. The van der Waals surface area contributed by atoms with Crippen LogP contribution in [0.2, 0.25) is 0 Å². The van der Waals surface area contributed by atoms with Crippen LogP contribution in [0.15, 0.2) is 11.0 Å². The summed E-state index contributed by atoms with van der Waals surface area (Å²) in [5, 5.41) is 13.4. The fourth-order valence-electron chi connectivity index (χ4n) is 2.76. The highest BCUT2D eigenvalue weighted by molar-refractivity contribution is 7.98. The van der Waals surface area contributed by atoms with Gasteiger partial charge in [-0.2, -0.15) is 18.2 Å². The fourth-order valence-corrected chi connectivity index (χ4v) is 3.07. The highest BCUT2D eigenvalue weighted by Crippen LogP contribution is 2.30.